The molecule has 0 atom stereocenters. The van der Waals surface area contributed by atoms with E-state index in [1.807, 2.05) is 7.05 Å². The highest BCUT2D eigenvalue weighted by molar-refractivity contribution is 5.97. The van der Waals surface area contributed by atoms with E-state index < -0.39 is 23.4 Å². The first kappa shape index (κ1) is 20.2. The summed E-state index contributed by atoms with van der Waals surface area (Å²) in [4.78, 5) is 24.4. The maximum atomic E-state index is 14.2. The zero-order valence-corrected chi connectivity index (χ0v) is 16.1. The van der Waals surface area contributed by atoms with Crippen LogP contribution >= 0.6 is 0 Å². The van der Waals surface area contributed by atoms with Crippen molar-refractivity contribution in [3.63, 3.8) is 0 Å². The third kappa shape index (κ3) is 3.85. The van der Waals surface area contributed by atoms with Gasteiger partial charge in [0, 0.05) is 37.3 Å². The van der Waals surface area contributed by atoms with Crippen molar-refractivity contribution in [1.29, 1.82) is 0 Å². The summed E-state index contributed by atoms with van der Waals surface area (Å²) in [5.74, 6) is -1.06. The Morgan fingerprint density at radius 1 is 0.967 bits per heavy atom. The van der Waals surface area contributed by atoms with Gasteiger partial charge >= 0.3 is 6.18 Å². The normalized spacial score (nSPS) is 15.6. The fourth-order valence-corrected chi connectivity index (χ4v) is 3.42. The minimum Gasteiger partial charge on any atom is -0.336 e. The van der Waals surface area contributed by atoms with E-state index in [0.717, 1.165) is 19.2 Å². The molecule has 0 saturated carbocycles. The van der Waals surface area contributed by atoms with Crippen molar-refractivity contribution in [1.82, 2.24) is 19.8 Å². The van der Waals surface area contributed by atoms with E-state index >= 15 is 0 Å². The van der Waals surface area contributed by atoms with Crippen LogP contribution in [-0.2, 0) is 6.18 Å². The zero-order valence-electron chi connectivity index (χ0n) is 16.1. The Balaban J connectivity index is 1.81. The number of nitrogens with zero attached hydrogens (tertiary/aromatic N) is 4. The highest BCUT2D eigenvalue weighted by Crippen LogP contribution is 2.36. The predicted molar refractivity (Wildman–Crippen MR) is 103 cm³/mol. The number of halogens is 4. The number of hydrogen-bond acceptors (Lipinski definition) is 4. The van der Waals surface area contributed by atoms with E-state index in [1.54, 1.807) is 4.90 Å². The van der Waals surface area contributed by atoms with Gasteiger partial charge in [0.1, 0.15) is 11.5 Å². The van der Waals surface area contributed by atoms with E-state index in [9.17, 15) is 22.4 Å². The lowest BCUT2D eigenvalue weighted by atomic mass is 10.1. The van der Waals surface area contributed by atoms with Crippen molar-refractivity contribution in [3.8, 4) is 11.3 Å². The van der Waals surface area contributed by atoms with Gasteiger partial charge in [-0.05, 0) is 37.4 Å². The van der Waals surface area contributed by atoms with Crippen LogP contribution in [0.5, 0.6) is 0 Å². The van der Waals surface area contributed by atoms with Crippen LogP contribution in [0.4, 0.5) is 17.6 Å². The Kier molecular flexibility index (Phi) is 5.15. The van der Waals surface area contributed by atoms with Gasteiger partial charge < -0.3 is 9.80 Å². The van der Waals surface area contributed by atoms with Gasteiger partial charge in [0.15, 0.2) is 5.69 Å². The highest BCUT2D eigenvalue weighted by Gasteiger charge is 2.37. The first-order valence-electron chi connectivity index (χ1n) is 9.36. The second-order valence-corrected chi connectivity index (χ2v) is 7.20. The number of amides is 1. The lowest BCUT2D eigenvalue weighted by molar-refractivity contribution is -0.140. The van der Waals surface area contributed by atoms with Gasteiger partial charge in [-0.2, -0.15) is 13.2 Å². The molecule has 156 valence electrons. The van der Waals surface area contributed by atoms with Crippen LogP contribution in [0.2, 0.25) is 0 Å². The van der Waals surface area contributed by atoms with E-state index in [1.165, 1.54) is 36.4 Å². The number of alkyl halides is 3. The largest absolute Gasteiger partial charge is 0.435 e. The summed E-state index contributed by atoms with van der Waals surface area (Å²) >= 11 is 0. The Labute approximate surface area is 170 Å². The van der Waals surface area contributed by atoms with Crippen molar-refractivity contribution in [2.75, 3.05) is 33.2 Å². The summed E-state index contributed by atoms with van der Waals surface area (Å²) < 4.78 is 55.0. The highest BCUT2D eigenvalue weighted by atomic mass is 19.4. The summed E-state index contributed by atoms with van der Waals surface area (Å²) in [5, 5.41) is 0. The number of likely N-dealkylation sites (N-methyl/N-ethyl adjacent to an activating group) is 1. The van der Waals surface area contributed by atoms with Gasteiger partial charge in [0.25, 0.3) is 5.91 Å². The molecule has 9 heteroatoms. The third-order valence-corrected chi connectivity index (χ3v) is 5.10. The number of piperazine rings is 1. The number of carbonyl (C=O) groups is 1. The van der Waals surface area contributed by atoms with E-state index in [2.05, 4.69) is 14.9 Å². The quantitative estimate of drug-likeness (QED) is 0.594. The van der Waals surface area contributed by atoms with Crippen molar-refractivity contribution in [3.05, 3.63) is 59.5 Å². The fourth-order valence-electron chi connectivity index (χ4n) is 3.42. The molecule has 1 saturated heterocycles. The fraction of sp³-hybridized carbons (Fsp3) is 0.286. The predicted octanol–water partition coefficient (Wildman–Crippen LogP) is 3.84. The number of hydrogen-bond donors (Lipinski definition) is 0. The molecule has 2 heterocycles. The van der Waals surface area contributed by atoms with Gasteiger partial charge in [-0.25, -0.2) is 14.4 Å². The molecule has 5 nitrogen and oxygen atoms in total. The number of carbonyl (C=O) groups excluding carboxylic acids is 1. The second kappa shape index (κ2) is 7.64. The molecule has 1 aliphatic heterocycles. The minimum absolute atomic E-state index is 0.0164. The van der Waals surface area contributed by atoms with Crippen LogP contribution in [0.3, 0.4) is 0 Å². The first-order chi connectivity index (χ1) is 14.2. The van der Waals surface area contributed by atoms with Crippen LogP contribution in [0.15, 0.2) is 42.5 Å². The van der Waals surface area contributed by atoms with E-state index in [-0.39, 0.29) is 22.5 Å². The average molecular weight is 418 g/mol. The Hall–Kier alpha value is -3.07. The van der Waals surface area contributed by atoms with Crippen molar-refractivity contribution < 1.29 is 22.4 Å². The molecule has 3 aromatic rings. The summed E-state index contributed by atoms with van der Waals surface area (Å²) in [5.41, 5.74) is -1.77. The average Bonchev–Trinajstić information content (AvgIpc) is 2.72. The molecule has 0 aliphatic carbocycles. The lowest BCUT2D eigenvalue weighted by Gasteiger charge is -2.32. The van der Waals surface area contributed by atoms with Crippen LogP contribution in [0.25, 0.3) is 22.3 Å². The first-order valence-corrected chi connectivity index (χ1v) is 9.36. The van der Waals surface area contributed by atoms with Crippen molar-refractivity contribution in [2.45, 2.75) is 6.18 Å². The molecule has 1 aromatic heterocycles. The SMILES string of the molecule is CN1CCN(C(=O)c2ccc3nc(C(F)(F)F)c(-c4ccccc4F)nc3c2)CC1. The maximum absolute atomic E-state index is 14.2. The number of benzene rings is 2. The van der Waals surface area contributed by atoms with Crippen LogP contribution < -0.4 is 0 Å². The topological polar surface area (TPSA) is 49.3 Å². The molecule has 0 bridgehead atoms. The molecule has 4 rings (SSSR count). The zero-order chi connectivity index (χ0) is 21.5. The van der Waals surface area contributed by atoms with Crippen molar-refractivity contribution in [2.24, 2.45) is 0 Å². The second-order valence-electron chi connectivity index (χ2n) is 7.20. The molecule has 0 radical (unpaired) electrons. The minimum atomic E-state index is -4.81. The summed E-state index contributed by atoms with van der Waals surface area (Å²) in [6.07, 6.45) is -4.81. The summed E-state index contributed by atoms with van der Waals surface area (Å²) in [6.45, 7) is 2.61. The number of rotatable bonds is 2. The van der Waals surface area contributed by atoms with Gasteiger partial charge in [-0.1, -0.05) is 12.1 Å². The lowest BCUT2D eigenvalue weighted by Crippen LogP contribution is -2.47. The van der Waals surface area contributed by atoms with Gasteiger partial charge in [-0.15, -0.1) is 0 Å². The van der Waals surface area contributed by atoms with Crippen LogP contribution in [-0.4, -0.2) is 58.9 Å². The molecule has 1 aliphatic rings. The third-order valence-electron chi connectivity index (χ3n) is 5.10. The Morgan fingerprint density at radius 3 is 2.33 bits per heavy atom. The summed E-state index contributed by atoms with van der Waals surface area (Å²) in [6, 6.07) is 9.29. The molecule has 1 fully saturated rings. The summed E-state index contributed by atoms with van der Waals surface area (Å²) in [7, 11) is 1.97. The molecule has 1 amide bonds. The van der Waals surface area contributed by atoms with E-state index in [0.29, 0.717) is 18.7 Å². The Morgan fingerprint density at radius 2 is 1.67 bits per heavy atom. The van der Waals surface area contributed by atoms with Gasteiger partial charge in [0.05, 0.1) is 11.0 Å². The standard InChI is InChI=1S/C21H18F4N4O/c1-28-8-10-29(11-9-28)20(30)13-6-7-16-17(12-13)26-18(19(27-16)21(23,24)25)14-4-2-3-5-15(14)22/h2-7,12H,8-11H2,1H3. The van der Waals surface area contributed by atoms with Gasteiger partial charge in [0.2, 0.25) is 0 Å². The monoisotopic (exact) mass is 418 g/mol. The number of fused-ring (bicyclic) bond motifs is 1. The molecule has 0 spiro atoms. The van der Waals surface area contributed by atoms with Crippen LogP contribution in [0, 0.1) is 5.82 Å². The Bertz CT molecular complexity index is 1110. The number of aromatic nitrogens is 2. The maximum Gasteiger partial charge on any atom is 0.435 e. The molecular weight excluding hydrogens is 400 g/mol. The molecule has 2 aromatic carbocycles. The van der Waals surface area contributed by atoms with Crippen molar-refractivity contribution >= 4 is 16.9 Å². The van der Waals surface area contributed by atoms with E-state index in [4.69, 9.17) is 0 Å². The molecule has 30 heavy (non-hydrogen) atoms. The smallest absolute Gasteiger partial charge is 0.336 e. The molecular formula is C21H18F4N4O. The van der Waals surface area contributed by atoms with Gasteiger partial charge in [-0.3, -0.25) is 4.79 Å². The molecule has 0 N–H and O–H groups in total. The van der Waals surface area contributed by atoms with Crippen LogP contribution in [0.1, 0.15) is 16.1 Å². The molecule has 0 unspecified atom stereocenters.